The van der Waals surface area contributed by atoms with Crippen LogP contribution in [-0.4, -0.2) is 90.7 Å². The molecule has 1 aromatic carbocycles. The number of benzene rings is 1. The second-order valence-corrected chi connectivity index (χ2v) is 11.4. The minimum atomic E-state index is -3.65. The second kappa shape index (κ2) is 12.7. The molecule has 14 heteroatoms. The third-order valence-electron chi connectivity index (χ3n) is 5.81. The van der Waals surface area contributed by atoms with E-state index in [-0.39, 0.29) is 55.8 Å². The number of guanidine groups is 1. The Labute approximate surface area is 219 Å². The van der Waals surface area contributed by atoms with Crippen molar-refractivity contribution in [1.29, 1.82) is 0 Å². The molecule has 1 fully saturated rings. The molecule has 0 bridgehead atoms. The summed E-state index contributed by atoms with van der Waals surface area (Å²) in [7, 11) is -3.65. The first-order chi connectivity index (χ1) is 17.6. The van der Waals surface area contributed by atoms with Gasteiger partial charge in [-0.3, -0.25) is 19.4 Å². The first-order valence-electron chi connectivity index (χ1n) is 11.6. The molecule has 2 atom stereocenters. The number of aromatic nitrogens is 1. The van der Waals surface area contributed by atoms with Crippen molar-refractivity contribution in [2.45, 2.75) is 31.3 Å². The number of sulfonamides is 1. The number of thiazole rings is 1. The van der Waals surface area contributed by atoms with Crippen LogP contribution in [0.4, 0.5) is 0 Å². The van der Waals surface area contributed by atoms with Crippen LogP contribution in [-0.2, 0) is 26.0 Å². The highest BCUT2D eigenvalue weighted by Gasteiger charge is 2.40. The van der Waals surface area contributed by atoms with E-state index in [1.54, 1.807) is 5.38 Å². The summed E-state index contributed by atoms with van der Waals surface area (Å²) in [4.78, 5) is 48.5. The molecule has 0 radical (unpaired) electrons. The van der Waals surface area contributed by atoms with Gasteiger partial charge < -0.3 is 21.7 Å². The van der Waals surface area contributed by atoms with E-state index in [1.807, 2.05) is 30.3 Å². The summed E-state index contributed by atoms with van der Waals surface area (Å²) in [6.45, 7) is 0.0970. The van der Waals surface area contributed by atoms with Crippen LogP contribution in [0.1, 0.15) is 28.2 Å². The quantitative estimate of drug-likeness (QED) is 0.138. The zero-order valence-corrected chi connectivity index (χ0v) is 22.1. The number of nitrogens with one attached hydrogen (secondary N) is 1. The number of hydrogen-bond donors (Lipinski definition) is 3. The lowest BCUT2D eigenvalue weighted by Crippen LogP contribution is -2.60. The maximum atomic E-state index is 13.3. The summed E-state index contributed by atoms with van der Waals surface area (Å²) in [5.41, 5.74) is 11.5. The number of hydrogen-bond acceptors (Lipinski definition) is 8. The van der Waals surface area contributed by atoms with Crippen molar-refractivity contribution in [3.63, 3.8) is 0 Å². The van der Waals surface area contributed by atoms with E-state index in [0.717, 1.165) is 23.2 Å². The number of nitrogens with two attached hydrogens (primary N) is 2. The number of ketones is 1. The number of rotatable bonds is 12. The van der Waals surface area contributed by atoms with Gasteiger partial charge >= 0.3 is 0 Å². The van der Waals surface area contributed by atoms with Gasteiger partial charge in [-0.1, -0.05) is 30.3 Å². The topological polar surface area (TPSA) is 181 Å². The molecule has 0 spiro atoms. The summed E-state index contributed by atoms with van der Waals surface area (Å²) < 4.78 is 25.9. The van der Waals surface area contributed by atoms with Crippen LogP contribution < -0.4 is 16.8 Å². The molecular weight excluding hydrogens is 518 g/mol. The summed E-state index contributed by atoms with van der Waals surface area (Å²) in [6, 6.07) is 7.24. The Bertz CT molecular complexity index is 1220. The van der Waals surface area contributed by atoms with E-state index in [1.165, 1.54) is 15.4 Å². The van der Waals surface area contributed by atoms with E-state index in [9.17, 15) is 22.8 Å². The highest BCUT2D eigenvalue weighted by Crippen LogP contribution is 2.19. The number of carbonyl (C=O) groups is 3. The van der Waals surface area contributed by atoms with Gasteiger partial charge in [-0.05, 0) is 24.8 Å². The monoisotopic (exact) mass is 549 g/mol. The third-order valence-corrected chi connectivity index (χ3v) is 7.88. The minimum Gasteiger partial charge on any atom is -0.370 e. The van der Waals surface area contributed by atoms with Crippen LogP contribution in [0.2, 0.25) is 0 Å². The average molecular weight is 550 g/mol. The van der Waals surface area contributed by atoms with Crippen LogP contribution in [0.25, 0.3) is 0 Å². The van der Waals surface area contributed by atoms with Gasteiger partial charge in [0.25, 0.3) is 0 Å². The van der Waals surface area contributed by atoms with Gasteiger partial charge in [0, 0.05) is 31.2 Å². The van der Waals surface area contributed by atoms with Crippen molar-refractivity contribution in [2.75, 3.05) is 32.4 Å². The largest absolute Gasteiger partial charge is 0.370 e. The Morgan fingerprint density at radius 1 is 1.24 bits per heavy atom. The molecule has 0 unspecified atom stereocenters. The van der Waals surface area contributed by atoms with Crippen LogP contribution in [0, 0.1) is 0 Å². The maximum absolute atomic E-state index is 13.3. The van der Waals surface area contributed by atoms with E-state index >= 15 is 0 Å². The summed E-state index contributed by atoms with van der Waals surface area (Å²) in [5, 5.41) is 4.63. The predicted molar refractivity (Wildman–Crippen MR) is 140 cm³/mol. The maximum Gasteiger partial charge on any atom is 0.241 e. The lowest BCUT2D eigenvalue weighted by molar-refractivity contribution is -0.142. The minimum absolute atomic E-state index is 0.0558. The van der Waals surface area contributed by atoms with E-state index in [4.69, 9.17) is 11.5 Å². The molecule has 2 heterocycles. The first-order valence-corrected chi connectivity index (χ1v) is 14.4. The summed E-state index contributed by atoms with van der Waals surface area (Å²) >= 11 is 1.16. The first kappa shape index (κ1) is 28.2. The van der Waals surface area contributed by atoms with Gasteiger partial charge in [0.1, 0.15) is 6.04 Å². The Morgan fingerprint density at radius 3 is 2.59 bits per heavy atom. The molecule has 1 aliphatic heterocycles. The van der Waals surface area contributed by atoms with Crippen LogP contribution >= 0.6 is 11.3 Å². The number of Topliss-reactive ketones (excluding diaryl/α,β-unsaturated/α-hetero) is 1. The molecule has 3 rings (SSSR count). The molecule has 1 saturated heterocycles. The lowest BCUT2D eigenvalue weighted by Gasteiger charge is -2.39. The molecule has 1 aromatic heterocycles. The van der Waals surface area contributed by atoms with Gasteiger partial charge in [0.15, 0.2) is 11.0 Å². The van der Waals surface area contributed by atoms with Crippen molar-refractivity contribution in [3.05, 3.63) is 52.5 Å². The van der Waals surface area contributed by atoms with E-state index in [2.05, 4.69) is 15.3 Å². The molecule has 5 N–H and O–H groups in total. The van der Waals surface area contributed by atoms with Crippen molar-refractivity contribution >= 4 is 44.9 Å². The molecule has 200 valence electrons. The molecule has 0 aliphatic carbocycles. The Hall–Kier alpha value is -3.36. The standard InChI is InChI=1S/C23H31N7O5S2/c1-37(34,35)30-12-11-29(22(33)18(30)14-16-6-3-2-4-7-16)15-19(31)28-17(8-5-9-27-23(24)25)20(32)21-26-10-13-36-21/h2-4,6-7,10,13,17-18H,5,8-9,11-12,14-15H2,1H3,(H,28,31)(H4,24,25,27)/t17-,18+/m0/s1. The van der Waals surface area contributed by atoms with Crippen LogP contribution in [0.5, 0.6) is 0 Å². The zero-order chi connectivity index (χ0) is 27.0. The van der Waals surface area contributed by atoms with E-state index < -0.39 is 33.9 Å². The fourth-order valence-electron chi connectivity index (χ4n) is 4.08. The van der Waals surface area contributed by atoms with Gasteiger partial charge in [0.2, 0.25) is 27.6 Å². The fourth-order valence-corrected chi connectivity index (χ4v) is 5.75. The average Bonchev–Trinajstić information content (AvgIpc) is 3.38. The van der Waals surface area contributed by atoms with E-state index in [0.29, 0.717) is 6.42 Å². The van der Waals surface area contributed by atoms with Crippen LogP contribution in [0.3, 0.4) is 0 Å². The highest BCUT2D eigenvalue weighted by atomic mass is 32.2. The van der Waals surface area contributed by atoms with Crippen molar-refractivity contribution < 1.29 is 22.8 Å². The number of piperazine rings is 1. The molecular formula is C23H31N7O5S2. The fraction of sp³-hybridized carbons (Fsp3) is 0.435. The molecule has 0 saturated carbocycles. The Kier molecular flexibility index (Phi) is 9.72. The smallest absolute Gasteiger partial charge is 0.241 e. The van der Waals surface area contributed by atoms with Gasteiger partial charge in [0.05, 0.1) is 18.8 Å². The Balaban J connectivity index is 1.70. The Morgan fingerprint density at radius 2 is 1.97 bits per heavy atom. The molecule has 2 amide bonds. The predicted octanol–water partition coefficient (Wildman–Crippen LogP) is -0.421. The number of aliphatic imine (C=N–C) groups is 1. The van der Waals surface area contributed by atoms with Crippen LogP contribution in [0.15, 0.2) is 46.9 Å². The van der Waals surface area contributed by atoms with Gasteiger partial charge in [-0.25, -0.2) is 13.4 Å². The van der Waals surface area contributed by atoms with Crippen molar-refractivity contribution in [2.24, 2.45) is 16.5 Å². The summed E-state index contributed by atoms with van der Waals surface area (Å²) in [5.74, 6) is -1.41. The molecule has 37 heavy (non-hydrogen) atoms. The number of amides is 2. The number of nitrogens with zero attached hydrogens (tertiary/aromatic N) is 4. The summed E-state index contributed by atoms with van der Waals surface area (Å²) in [6.07, 6.45) is 3.46. The molecule has 12 nitrogen and oxygen atoms in total. The third kappa shape index (κ3) is 8.06. The normalized spacial score (nSPS) is 17.3. The SMILES string of the molecule is CS(=O)(=O)N1CCN(CC(=O)N[C@@H](CCCN=C(N)N)C(=O)c2nccs2)C(=O)[C@H]1Cc1ccccc1. The van der Waals surface area contributed by atoms with Gasteiger partial charge in [-0.15, -0.1) is 11.3 Å². The molecule has 1 aliphatic rings. The van der Waals surface area contributed by atoms with Gasteiger partial charge in [-0.2, -0.15) is 4.31 Å². The number of carbonyl (C=O) groups excluding carboxylic acids is 3. The zero-order valence-electron chi connectivity index (χ0n) is 20.4. The van der Waals surface area contributed by atoms with Crippen molar-refractivity contribution in [1.82, 2.24) is 19.5 Å². The second-order valence-electron chi connectivity index (χ2n) is 8.61. The van der Waals surface area contributed by atoms with Crippen molar-refractivity contribution in [3.8, 4) is 0 Å². The molecule has 2 aromatic rings. The lowest BCUT2D eigenvalue weighted by atomic mass is 10.0. The highest BCUT2D eigenvalue weighted by molar-refractivity contribution is 7.88.